The summed E-state index contributed by atoms with van der Waals surface area (Å²) in [5.74, 6) is 2.29. The summed E-state index contributed by atoms with van der Waals surface area (Å²) in [7, 11) is 1.88. The number of ether oxygens (including phenoxy) is 1. The molecule has 2 aliphatic rings. The maximum absolute atomic E-state index is 6.76. The van der Waals surface area contributed by atoms with Crippen LogP contribution in [0.3, 0.4) is 0 Å². The van der Waals surface area contributed by atoms with Gasteiger partial charge in [-0.25, -0.2) is 0 Å². The van der Waals surface area contributed by atoms with Crippen LogP contribution in [0.4, 0.5) is 0 Å². The molecule has 0 amide bonds. The van der Waals surface area contributed by atoms with Crippen molar-refractivity contribution in [3.05, 3.63) is 0 Å². The molecule has 0 aromatic heterocycles. The number of rotatable bonds is 3. The number of methoxy groups -OCH3 is 1. The van der Waals surface area contributed by atoms with E-state index in [4.69, 9.17) is 10.5 Å². The van der Waals surface area contributed by atoms with Crippen LogP contribution in [0.1, 0.15) is 72.6 Å². The molecule has 118 valence electrons. The van der Waals surface area contributed by atoms with E-state index in [1.165, 1.54) is 32.1 Å². The van der Waals surface area contributed by atoms with Crippen LogP contribution in [0.15, 0.2) is 0 Å². The van der Waals surface area contributed by atoms with Crippen molar-refractivity contribution < 1.29 is 4.74 Å². The van der Waals surface area contributed by atoms with Gasteiger partial charge in [0.25, 0.3) is 0 Å². The Labute approximate surface area is 125 Å². The molecule has 3 atom stereocenters. The third-order valence-electron chi connectivity index (χ3n) is 6.19. The molecule has 2 saturated carbocycles. The Kier molecular flexibility index (Phi) is 4.86. The molecule has 2 fully saturated rings. The highest BCUT2D eigenvalue weighted by molar-refractivity contribution is 5.01. The van der Waals surface area contributed by atoms with Crippen molar-refractivity contribution >= 4 is 0 Å². The summed E-state index contributed by atoms with van der Waals surface area (Å²) in [6.45, 7) is 9.53. The fourth-order valence-corrected chi connectivity index (χ4v) is 4.76. The van der Waals surface area contributed by atoms with Crippen LogP contribution in [0.25, 0.3) is 0 Å². The Bertz CT molecular complexity index is 305. The van der Waals surface area contributed by atoms with E-state index in [-0.39, 0.29) is 11.6 Å². The van der Waals surface area contributed by atoms with E-state index < -0.39 is 0 Å². The highest BCUT2D eigenvalue weighted by Gasteiger charge is 2.46. The first kappa shape index (κ1) is 16.3. The maximum Gasteiger partial charge on any atom is 0.0831 e. The summed E-state index contributed by atoms with van der Waals surface area (Å²) in [5.41, 5.74) is 7.17. The summed E-state index contributed by atoms with van der Waals surface area (Å²) in [5, 5.41) is 0. The van der Waals surface area contributed by atoms with Gasteiger partial charge in [-0.15, -0.1) is 0 Å². The van der Waals surface area contributed by atoms with Crippen molar-refractivity contribution in [1.82, 2.24) is 0 Å². The highest BCUT2D eigenvalue weighted by atomic mass is 16.5. The highest BCUT2D eigenvalue weighted by Crippen LogP contribution is 2.46. The molecule has 2 N–H and O–H groups in total. The Hall–Kier alpha value is -0.0800. The molecule has 0 aromatic carbocycles. The third kappa shape index (κ3) is 3.39. The van der Waals surface area contributed by atoms with Crippen molar-refractivity contribution in [2.75, 3.05) is 7.11 Å². The summed E-state index contributed by atoms with van der Waals surface area (Å²) in [6.07, 6.45) is 8.71. The lowest BCUT2D eigenvalue weighted by atomic mass is 9.63. The molecule has 2 heteroatoms. The second-order valence-corrected chi connectivity index (χ2v) is 8.64. The zero-order valence-electron chi connectivity index (χ0n) is 14.2. The van der Waals surface area contributed by atoms with Gasteiger partial charge in [0.1, 0.15) is 0 Å². The van der Waals surface area contributed by atoms with Gasteiger partial charge in [-0.2, -0.15) is 0 Å². The second-order valence-electron chi connectivity index (χ2n) is 8.64. The first-order valence-corrected chi connectivity index (χ1v) is 8.59. The van der Waals surface area contributed by atoms with Crippen LogP contribution in [-0.2, 0) is 4.74 Å². The Morgan fingerprint density at radius 3 is 1.90 bits per heavy atom. The molecule has 3 unspecified atom stereocenters. The summed E-state index contributed by atoms with van der Waals surface area (Å²) >= 11 is 0. The molecule has 20 heavy (non-hydrogen) atoms. The number of nitrogens with two attached hydrogens (primary N) is 1. The van der Waals surface area contributed by atoms with Crippen LogP contribution >= 0.6 is 0 Å². The normalized spacial score (nSPS) is 38.4. The Morgan fingerprint density at radius 2 is 1.45 bits per heavy atom. The quantitative estimate of drug-likeness (QED) is 0.833. The minimum atomic E-state index is -0.0586. The van der Waals surface area contributed by atoms with E-state index in [2.05, 4.69) is 27.7 Å². The van der Waals surface area contributed by atoms with Crippen LogP contribution < -0.4 is 5.73 Å². The molecule has 2 aliphatic carbocycles. The molecule has 0 aromatic rings. The molecule has 0 radical (unpaired) electrons. The summed E-state index contributed by atoms with van der Waals surface area (Å²) < 4.78 is 6.03. The van der Waals surface area contributed by atoms with E-state index in [0.717, 1.165) is 24.7 Å². The molecule has 0 bridgehead atoms. The second kappa shape index (κ2) is 5.96. The van der Waals surface area contributed by atoms with Crippen LogP contribution in [0.2, 0.25) is 0 Å². The van der Waals surface area contributed by atoms with E-state index >= 15 is 0 Å². The molecular formula is C18H35NO. The standard InChI is InChI=1S/C18H35NO/c1-13-10-14(2)12-15(11-13)16(19)18(20-5)8-6-17(3,4)7-9-18/h13-16H,6-12,19H2,1-5H3. The van der Waals surface area contributed by atoms with Crippen molar-refractivity contribution in [3.63, 3.8) is 0 Å². The third-order valence-corrected chi connectivity index (χ3v) is 6.19. The Morgan fingerprint density at radius 1 is 0.950 bits per heavy atom. The topological polar surface area (TPSA) is 35.2 Å². The van der Waals surface area contributed by atoms with Gasteiger partial charge >= 0.3 is 0 Å². The Balaban J connectivity index is 2.07. The minimum absolute atomic E-state index is 0.0586. The van der Waals surface area contributed by atoms with E-state index in [9.17, 15) is 0 Å². The predicted octanol–water partition coefficient (Wildman–Crippen LogP) is 4.37. The van der Waals surface area contributed by atoms with Gasteiger partial charge in [0.2, 0.25) is 0 Å². The minimum Gasteiger partial charge on any atom is -0.377 e. The van der Waals surface area contributed by atoms with Gasteiger partial charge in [-0.05, 0) is 68.1 Å². The first-order chi connectivity index (χ1) is 9.28. The van der Waals surface area contributed by atoms with E-state index in [0.29, 0.717) is 11.3 Å². The fraction of sp³-hybridized carbons (Fsp3) is 1.00. The summed E-state index contributed by atoms with van der Waals surface area (Å²) in [4.78, 5) is 0. The summed E-state index contributed by atoms with van der Waals surface area (Å²) in [6, 6.07) is 0.216. The van der Waals surface area contributed by atoms with Crippen LogP contribution in [0.5, 0.6) is 0 Å². The average molecular weight is 281 g/mol. The molecular weight excluding hydrogens is 246 g/mol. The molecule has 0 saturated heterocycles. The first-order valence-electron chi connectivity index (χ1n) is 8.59. The van der Waals surface area contributed by atoms with Crippen molar-refractivity contribution in [2.24, 2.45) is 28.9 Å². The zero-order valence-corrected chi connectivity index (χ0v) is 14.2. The fourth-order valence-electron chi connectivity index (χ4n) is 4.76. The van der Waals surface area contributed by atoms with Crippen LogP contribution in [0, 0.1) is 23.2 Å². The molecule has 2 rings (SSSR count). The monoisotopic (exact) mass is 281 g/mol. The van der Waals surface area contributed by atoms with Gasteiger partial charge < -0.3 is 10.5 Å². The van der Waals surface area contributed by atoms with Gasteiger partial charge in [0.15, 0.2) is 0 Å². The SMILES string of the molecule is COC1(C(N)C2CC(C)CC(C)C2)CCC(C)(C)CC1. The van der Waals surface area contributed by atoms with Crippen LogP contribution in [-0.4, -0.2) is 18.8 Å². The van der Waals surface area contributed by atoms with E-state index in [1.54, 1.807) is 0 Å². The maximum atomic E-state index is 6.76. The van der Waals surface area contributed by atoms with E-state index in [1.807, 2.05) is 7.11 Å². The molecule has 0 heterocycles. The lowest BCUT2D eigenvalue weighted by molar-refractivity contribution is -0.0957. The smallest absolute Gasteiger partial charge is 0.0831 e. The number of hydrogen-bond acceptors (Lipinski definition) is 2. The lowest BCUT2D eigenvalue weighted by Gasteiger charge is -2.49. The van der Waals surface area contributed by atoms with Gasteiger partial charge in [-0.1, -0.05) is 27.7 Å². The van der Waals surface area contributed by atoms with Gasteiger partial charge in [0, 0.05) is 13.2 Å². The molecule has 0 aliphatic heterocycles. The zero-order chi connectivity index (χ0) is 15.0. The molecule has 2 nitrogen and oxygen atoms in total. The van der Waals surface area contributed by atoms with Crippen molar-refractivity contribution in [3.8, 4) is 0 Å². The van der Waals surface area contributed by atoms with Crippen molar-refractivity contribution in [1.29, 1.82) is 0 Å². The lowest BCUT2D eigenvalue weighted by Crippen LogP contribution is -2.57. The predicted molar refractivity (Wildman–Crippen MR) is 85.6 cm³/mol. The largest absolute Gasteiger partial charge is 0.377 e. The average Bonchev–Trinajstić information content (AvgIpc) is 2.37. The number of hydrogen-bond donors (Lipinski definition) is 1. The molecule has 0 spiro atoms. The van der Waals surface area contributed by atoms with Gasteiger partial charge in [-0.3, -0.25) is 0 Å². The van der Waals surface area contributed by atoms with Crippen molar-refractivity contribution in [2.45, 2.75) is 84.3 Å². The van der Waals surface area contributed by atoms with Gasteiger partial charge in [0.05, 0.1) is 5.60 Å².